The van der Waals surface area contributed by atoms with Crippen LogP contribution in [0.4, 0.5) is 0 Å². The van der Waals surface area contributed by atoms with Crippen molar-refractivity contribution in [1.82, 2.24) is 9.62 Å². The van der Waals surface area contributed by atoms with Crippen LogP contribution in [-0.4, -0.2) is 50.2 Å². The van der Waals surface area contributed by atoms with E-state index in [1.54, 1.807) is 6.92 Å². The van der Waals surface area contributed by atoms with Crippen molar-refractivity contribution in [2.24, 2.45) is 11.1 Å². The maximum absolute atomic E-state index is 12.2. The van der Waals surface area contributed by atoms with Crippen molar-refractivity contribution in [3.8, 4) is 0 Å². The highest BCUT2D eigenvalue weighted by atomic mass is 32.2. The van der Waals surface area contributed by atoms with Gasteiger partial charge >= 0.3 is 0 Å². The Kier molecular flexibility index (Phi) is 5.73. The zero-order chi connectivity index (χ0) is 14.7. The van der Waals surface area contributed by atoms with E-state index in [2.05, 4.69) is 23.6 Å². The fraction of sp³-hybridized carbons (Fsp3) is 0.917. The molecular formula is C12H25N3O2S2. The number of hydrogen-bond donors (Lipinski definition) is 2. The summed E-state index contributed by atoms with van der Waals surface area (Å²) in [6.07, 6.45) is 2.40. The van der Waals surface area contributed by atoms with E-state index in [0.29, 0.717) is 13.0 Å². The Morgan fingerprint density at radius 2 is 2.00 bits per heavy atom. The van der Waals surface area contributed by atoms with Crippen LogP contribution in [0.3, 0.4) is 0 Å². The van der Waals surface area contributed by atoms with Crippen LogP contribution in [0.1, 0.15) is 33.1 Å². The molecule has 1 atom stereocenters. The summed E-state index contributed by atoms with van der Waals surface area (Å²) in [6.45, 7) is 6.38. The summed E-state index contributed by atoms with van der Waals surface area (Å²) in [6, 6.07) is 0. The summed E-state index contributed by atoms with van der Waals surface area (Å²) in [7, 11) is -1.37. The molecule has 5 nitrogen and oxygen atoms in total. The lowest BCUT2D eigenvalue weighted by Crippen LogP contribution is -2.47. The van der Waals surface area contributed by atoms with Gasteiger partial charge in [0, 0.05) is 6.54 Å². The van der Waals surface area contributed by atoms with Gasteiger partial charge in [-0.25, -0.2) is 13.1 Å². The van der Waals surface area contributed by atoms with Gasteiger partial charge in [-0.05, 0) is 44.8 Å². The van der Waals surface area contributed by atoms with E-state index in [9.17, 15) is 8.42 Å². The molecule has 0 bridgehead atoms. The number of likely N-dealkylation sites (tertiary alicyclic amines) is 1. The van der Waals surface area contributed by atoms with E-state index in [4.69, 9.17) is 18.0 Å². The molecule has 1 aliphatic rings. The van der Waals surface area contributed by atoms with Crippen LogP contribution >= 0.6 is 12.2 Å². The van der Waals surface area contributed by atoms with Crippen LogP contribution in [0.25, 0.3) is 0 Å². The maximum atomic E-state index is 12.2. The van der Waals surface area contributed by atoms with Crippen molar-refractivity contribution in [3.05, 3.63) is 0 Å². The Hall–Kier alpha value is -0.240. The van der Waals surface area contributed by atoms with E-state index < -0.39 is 15.3 Å². The summed E-state index contributed by atoms with van der Waals surface area (Å²) in [5.74, 6) is 0. The Morgan fingerprint density at radius 1 is 1.47 bits per heavy atom. The average Bonchev–Trinajstić information content (AvgIpc) is 2.31. The number of nitrogens with two attached hydrogens (primary N) is 1. The molecule has 19 heavy (non-hydrogen) atoms. The highest BCUT2D eigenvalue weighted by Gasteiger charge is 2.32. The molecule has 112 valence electrons. The van der Waals surface area contributed by atoms with Crippen LogP contribution in [0.5, 0.6) is 0 Å². The highest BCUT2D eigenvalue weighted by Crippen LogP contribution is 2.29. The van der Waals surface area contributed by atoms with Crippen molar-refractivity contribution in [2.75, 3.05) is 26.7 Å². The molecule has 0 aromatic heterocycles. The van der Waals surface area contributed by atoms with Crippen molar-refractivity contribution in [2.45, 2.75) is 38.4 Å². The number of thiocarbonyl (C=S) groups is 1. The highest BCUT2D eigenvalue weighted by molar-refractivity contribution is 7.93. The third-order valence-electron chi connectivity index (χ3n) is 3.96. The molecule has 1 rings (SSSR count). The molecule has 7 heteroatoms. The summed E-state index contributed by atoms with van der Waals surface area (Å²) >= 11 is 4.83. The molecule has 3 N–H and O–H groups in total. The Labute approximate surface area is 122 Å². The lowest BCUT2D eigenvalue weighted by Gasteiger charge is -2.38. The summed E-state index contributed by atoms with van der Waals surface area (Å²) in [5, 5.41) is -0.766. The molecule has 1 unspecified atom stereocenters. The van der Waals surface area contributed by atoms with E-state index in [-0.39, 0.29) is 10.4 Å². The van der Waals surface area contributed by atoms with Gasteiger partial charge in [-0.3, -0.25) is 0 Å². The van der Waals surface area contributed by atoms with Crippen LogP contribution < -0.4 is 10.5 Å². The van der Waals surface area contributed by atoms with Crippen molar-refractivity contribution in [1.29, 1.82) is 0 Å². The van der Waals surface area contributed by atoms with Crippen molar-refractivity contribution in [3.63, 3.8) is 0 Å². The van der Waals surface area contributed by atoms with E-state index in [1.807, 2.05) is 0 Å². The Balaban J connectivity index is 2.62. The first kappa shape index (κ1) is 16.8. The van der Waals surface area contributed by atoms with Gasteiger partial charge in [-0.15, -0.1) is 0 Å². The molecule has 0 amide bonds. The minimum absolute atomic E-state index is 0.0219. The first-order valence-corrected chi connectivity index (χ1v) is 8.62. The first-order chi connectivity index (χ1) is 8.70. The van der Waals surface area contributed by atoms with E-state index >= 15 is 0 Å². The van der Waals surface area contributed by atoms with Gasteiger partial charge in [-0.2, -0.15) is 0 Å². The Bertz CT molecular complexity index is 415. The molecule has 0 radical (unpaired) electrons. The zero-order valence-corrected chi connectivity index (χ0v) is 13.6. The number of sulfonamides is 1. The second kappa shape index (κ2) is 6.47. The normalized spacial score (nSPS) is 22.1. The molecule has 1 aliphatic heterocycles. The standard InChI is InChI=1S/C12H25N3O2S2/c1-4-10(11(13)18)19(16,17)14-9-12(2)5-7-15(3)8-6-12/h10,14H,4-9H2,1-3H3,(H2,13,18). The molecule has 1 heterocycles. The molecule has 1 saturated heterocycles. The number of rotatable bonds is 6. The average molecular weight is 307 g/mol. The van der Waals surface area contributed by atoms with Gasteiger partial charge < -0.3 is 10.6 Å². The smallest absolute Gasteiger partial charge is 0.221 e. The van der Waals surface area contributed by atoms with Gasteiger partial charge in [0.1, 0.15) is 5.25 Å². The van der Waals surface area contributed by atoms with Crippen LogP contribution in [0.2, 0.25) is 0 Å². The quantitative estimate of drug-likeness (QED) is 0.707. The predicted molar refractivity (Wildman–Crippen MR) is 82.6 cm³/mol. The minimum Gasteiger partial charge on any atom is -0.392 e. The molecule has 1 fully saturated rings. The van der Waals surface area contributed by atoms with Gasteiger partial charge in [0.2, 0.25) is 10.0 Å². The third kappa shape index (κ3) is 4.66. The lowest BCUT2D eigenvalue weighted by molar-refractivity contribution is 0.143. The van der Waals surface area contributed by atoms with E-state index in [1.165, 1.54) is 0 Å². The second-order valence-electron chi connectivity index (χ2n) is 5.78. The van der Waals surface area contributed by atoms with Gasteiger partial charge in [0.05, 0.1) is 4.99 Å². The number of hydrogen-bond acceptors (Lipinski definition) is 4. The molecule has 0 aromatic rings. The molecule has 0 aliphatic carbocycles. The van der Waals surface area contributed by atoms with Crippen LogP contribution in [0.15, 0.2) is 0 Å². The number of nitrogens with zero attached hydrogens (tertiary/aromatic N) is 1. The predicted octanol–water partition coefficient (Wildman–Crippen LogP) is 0.702. The number of piperidine rings is 1. The molecule has 0 aromatic carbocycles. The zero-order valence-electron chi connectivity index (χ0n) is 12.0. The Morgan fingerprint density at radius 3 is 2.42 bits per heavy atom. The SMILES string of the molecule is CCC(C(N)=S)S(=O)(=O)NCC1(C)CCN(C)CC1. The largest absolute Gasteiger partial charge is 0.392 e. The maximum Gasteiger partial charge on any atom is 0.221 e. The monoisotopic (exact) mass is 307 g/mol. The molecule has 0 spiro atoms. The first-order valence-electron chi connectivity index (χ1n) is 6.66. The minimum atomic E-state index is -3.45. The fourth-order valence-electron chi connectivity index (χ4n) is 2.28. The van der Waals surface area contributed by atoms with Crippen LogP contribution in [-0.2, 0) is 10.0 Å². The third-order valence-corrected chi connectivity index (χ3v) is 6.27. The van der Waals surface area contributed by atoms with Gasteiger partial charge in [0.15, 0.2) is 0 Å². The lowest BCUT2D eigenvalue weighted by atomic mass is 9.81. The van der Waals surface area contributed by atoms with Crippen molar-refractivity contribution < 1.29 is 8.42 Å². The topological polar surface area (TPSA) is 75.4 Å². The van der Waals surface area contributed by atoms with Gasteiger partial charge in [0.25, 0.3) is 0 Å². The van der Waals surface area contributed by atoms with Gasteiger partial charge in [-0.1, -0.05) is 26.1 Å². The fourth-order valence-corrected chi connectivity index (χ4v) is 4.33. The molecule has 0 saturated carbocycles. The van der Waals surface area contributed by atoms with E-state index in [0.717, 1.165) is 25.9 Å². The van der Waals surface area contributed by atoms with Crippen LogP contribution in [0, 0.1) is 5.41 Å². The second-order valence-corrected chi connectivity index (χ2v) is 8.20. The molecular weight excluding hydrogens is 282 g/mol. The summed E-state index contributed by atoms with van der Waals surface area (Å²) in [4.78, 5) is 2.31. The summed E-state index contributed by atoms with van der Waals surface area (Å²) in [5.41, 5.74) is 5.52. The van der Waals surface area contributed by atoms with Crippen molar-refractivity contribution >= 4 is 27.2 Å². The number of nitrogens with one attached hydrogen (secondary N) is 1. The summed E-state index contributed by atoms with van der Waals surface area (Å²) < 4.78 is 27.0.